The van der Waals surface area contributed by atoms with E-state index in [1.54, 1.807) is 6.92 Å². The van der Waals surface area contributed by atoms with Crippen molar-refractivity contribution in [1.82, 2.24) is 4.90 Å². The molecule has 3 heteroatoms. The maximum absolute atomic E-state index is 11.2. The Labute approximate surface area is 101 Å². The summed E-state index contributed by atoms with van der Waals surface area (Å²) < 4.78 is 0. The second-order valence-electron chi connectivity index (χ2n) is 2.86. The number of likely N-dealkylation sites (N-methyl/N-ethyl adjacent to an activating group) is 1. The van der Waals surface area contributed by atoms with Crippen molar-refractivity contribution in [2.45, 2.75) is 33.2 Å². The number of rotatable bonds is 4. The van der Waals surface area contributed by atoms with E-state index in [1.807, 2.05) is 45.7 Å². The Balaban J connectivity index is 0. The monoisotopic (exact) mass is 244 g/mol. The number of Topliss-reactive ketones (excluding diaryl/α,β-unsaturated/α-hetero) is 1. The number of hydrogen-bond donors (Lipinski definition) is 0. The van der Waals surface area contributed by atoms with E-state index in [9.17, 15) is 4.79 Å². The minimum absolute atomic E-state index is 0. The van der Waals surface area contributed by atoms with Crippen molar-refractivity contribution in [3.05, 3.63) is 13.0 Å². The summed E-state index contributed by atoms with van der Waals surface area (Å²) in [6, 6.07) is 0. The van der Waals surface area contributed by atoms with Crippen molar-refractivity contribution >= 4 is 5.78 Å². The van der Waals surface area contributed by atoms with Crippen LogP contribution < -0.4 is 0 Å². The molecule has 0 aliphatic carbocycles. The van der Waals surface area contributed by atoms with E-state index in [0.717, 1.165) is 0 Å². The predicted molar refractivity (Wildman–Crippen MR) is 46.8 cm³/mol. The van der Waals surface area contributed by atoms with Gasteiger partial charge in [-0.25, -0.2) is 0 Å². The number of hydrogen-bond acceptors (Lipinski definition) is 2. The molecule has 12 heavy (non-hydrogen) atoms. The zero-order valence-electron chi connectivity index (χ0n) is 8.59. The number of nitrogens with zero attached hydrogens (tertiary/aromatic N) is 1. The molecule has 0 bridgehead atoms. The van der Waals surface area contributed by atoms with E-state index in [4.69, 9.17) is 0 Å². The van der Waals surface area contributed by atoms with E-state index in [-0.39, 0.29) is 38.5 Å². The maximum Gasteiger partial charge on any atom is 0.116 e. The molecule has 0 aromatic rings. The summed E-state index contributed by atoms with van der Waals surface area (Å²) in [7, 11) is 1.90. The fraction of sp³-hybridized carbons (Fsp3) is 0.667. The van der Waals surface area contributed by atoms with Crippen molar-refractivity contribution in [3.8, 4) is 0 Å². The summed E-state index contributed by atoms with van der Waals surface area (Å²) in [6.45, 7) is 9.25. The van der Waals surface area contributed by atoms with Crippen LogP contribution >= 0.6 is 0 Å². The van der Waals surface area contributed by atoms with Crippen LogP contribution in [-0.4, -0.2) is 23.3 Å². The van der Waals surface area contributed by atoms with E-state index in [1.165, 1.54) is 0 Å². The van der Waals surface area contributed by atoms with Crippen molar-refractivity contribution in [2.24, 2.45) is 0 Å². The molecule has 0 rings (SSSR count). The first-order chi connectivity index (χ1) is 4.99. The van der Waals surface area contributed by atoms with Crippen LogP contribution in [0.3, 0.4) is 0 Å². The van der Waals surface area contributed by atoms with Gasteiger partial charge < -0.3 is 16.1 Å². The molecule has 0 saturated heterocycles. The fourth-order valence-corrected chi connectivity index (χ4v) is 0.923. The van der Waals surface area contributed by atoms with Crippen molar-refractivity contribution in [2.75, 3.05) is 7.05 Å². The summed E-state index contributed by atoms with van der Waals surface area (Å²) in [4.78, 5) is 13.1. The Kier molecular flexibility index (Phi) is 7.90. The van der Waals surface area contributed by atoms with Gasteiger partial charge in [0.15, 0.2) is 0 Å². The molecule has 1 atom stereocenters. The van der Waals surface area contributed by atoms with Gasteiger partial charge in [-0.1, -0.05) is 12.5 Å². The molecule has 0 heterocycles. The average Bonchev–Trinajstić information content (AvgIpc) is 2.01. The van der Waals surface area contributed by atoms with Gasteiger partial charge in [0.1, 0.15) is 5.78 Å². The van der Waals surface area contributed by atoms with Crippen LogP contribution in [0.5, 0.6) is 0 Å². The summed E-state index contributed by atoms with van der Waals surface area (Å²) >= 11 is 0. The van der Waals surface area contributed by atoms with E-state index >= 15 is 0 Å². The third-order valence-electron chi connectivity index (χ3n) is 2.39. The third-order valence-corrected chi connectivity index (χ3v) is 2.39. The molecule has 0 N–H and O–H groups in total. The summed E-state index contributed by atoms with van der Waals surface area (Å²) in [5.74, 6) is 0.167. The minimum atomic E-state index is -0.436. The number of carbonyl (C=O) groups excluding carboxylic acids is 1. The number of ketones is 1. The van der Waals surface area contributed by atoms with Crippen molar-refractivity contribution in [1.29, 1.82) is 0 Å². The summed E-state index contributed by atoms with van der Waals surface area (Å²) in [6.07, 6.45) is 1.91. The van der Waals surface area contributed by atoms with Crippen LogP contribution in [0.4, 0.5) is 0 Å². The van der Waals surface area contributed by atoms with E-state index in [2.05, 4.69) is 0 Å². The van der Waals surface area contributed by atoms with E-state index < -0.39 is 5.54 Å². The molecule has 1 radical (unpaired) electrons. The van der Waals surface area contributed by atoms with Crippen molar-refractivity contribution < 1.29 is 37.5 Å². The van der Waals surface area contributed by atoms with Gasteiger partial charge in [-0.3, -0.25) is 6.54 Å². The van der Waals surface area contributed by atoms with Gasteiger partial charge >= 0.3 is 0 Å². The van der Waals surface area contributed by atoms with Crippen molar-refractivity contribution in [3.63, 3.8) is 0 Å². The Morgan fingerprint density at radius 1 is 1.42 bits per heavy atom. The molecule has 0 amide bonds. The topological polar surface area (TPSA) is 20.3 Å². The molecular formula is C9H17NOY-2. The molecule has 0 saturated carbocycles. The van der Waals surface area contributed by atoms with Gasteiger partial charge in [0.25, 0.3) is 0 Å². The standard InChI is InChI=1S/C9H17NO.Y/c1-6-9(4,8(3)11)10(5)7-2;/h6-7H,1-5H3;/q-2;/t9-;/m0./s1. The van der Waals surface area contributed by atoms with Crippen LogP contribution in [-0.2, 0) is 37.5 Å². The first-order valence-corrected chi connectivity index (χ1v) is 3.83. The summed E-state index contributed by atoms with van der Waals surface area (Å²) in [5.41, 5.74) is -0.436. The first kappa shape index (κ1) is 15.2. The molecule has 69 valence electrons. The third kappa shape index (κ3) is 3.23. The van der Waals surface area contributed by atoms with Crippen LogP contribution in [0.1, 0.15) is 27.7 Å². The zero-order valence-corrected chi connectivity index (χ0v) is 11.4. The smallest absolute Gasteiger partial charge is 0.116 e. The molecule has 0 fully saturated rings. The normalized spacial score (nSPS) is 15.2. The Bertz CT molecular complexity index is 149. The van der Waals surface area contributed by atoms with Crippen LogP contribution in [0.15, 0.2) is 0 Å². The molecule has 0 aliphatic rings. The minimum Gasteiger partial charge on any atom is -0.474 e. The Morgan fingerprint density at radius 2 is 1.83 bits per heavy atom. The van der Waals surface area contributed by atoms with Gasteiger partial charge in [-0.2, -0.15) is 13.8 Å². The molecule has 0 unspecified atom stereocenters. The second-order valence-corrected chi connectivity index (χ2v) is 2.86. The van der Waals surface area contributed by atoms with Crippen LogP contribution in [0.25, 0.3) is 0 Å². The van der Waals surface area contributed by atoms with E-state index in [0.29, 0.717) is 0 Å². The SMILES string of the molecule is C[CH-]N(C)[C@@](C)([CH-]C)C(C)=O.[Y]. The first-order valence-electron chi connectivity index (χ1n) is 3.83. The van der Waals surface area contributed by atoms with Crippen LogP contribution in [0, 0.1) is 13.0 Å². The quantitative estimate of drug-likeness (QED) is 0.701. The fourth-order valence-electron chi connectivity index (χ4n) is 0.923. The number of carbonyl (C=O) groups is 1. The second kappa shape index (κ2) is 6.23. The molecule has 0 aromatic heterocycles. The van der Waals surface area contributed by atoms with Crippen LogP contribution in [0.2, 0.25) is 0 Å². The Morgan fingerprint density at radius 3 is 1.92 bits per heavy atom. The molecular weight excluding hydrogens is 227 g/mol. The maximum atomic E-state index is 11.2. The molecule has 2 nitrogen and oxygen atoms in total. The largest absolute Gasteiger partial charge is 0.474 e. The summed E-state index contributed by atoms with van der Waals surface area (Å²) in [5, 5.41) is 0. The van der Waals surface area contributed by atoms with Gasteiger partial charge in [-0.05, 0) is 14.0 Å². The zero-order chi connectivity index (χ0) is 9.07. The predicted octanol–water partition coefficient (Wildman–Crippen LogP) is 1.67. The van der Waals surface area contributed by atoms with Gasteiger partial charge in [0.2, 0.25) is 0 Å². The van der Waals surface area contributed by atoms with Gasteiger partial charge in [-0.15, -0.1) is 0 Å². The Hall–Kier alpha value is 0.734. The molecule has 0 aromatic carbocycles. The average molecular weight is 244 g/mol. The van der Waals surface area contributed by atoms with Gasteiger partial charge in [0.05, 0.1) is 0 Å². The molecule has 0 spiro atoms. The van der Waals surface area contributed by atoms with Gasteiger partial charge in [0, 0.05) is 32.7 Å². The molecule has 0 aliphatic heterocycles.